The third-order valence-corrected chi connectivity index (χ3v) is 7.32. The molecule has 1 fully saturated rings. The summed E-state index contributed by atoms with van der Waals surface area (Å²) in [7, 11) is 0. The Morgan fingerprint density at radius 3 is 2.05 bits per heavy atom. The van der Waals surface area contributed by atoms with Crippen molar-refractivity contribution in [3.63, 3.8) is 0 Å². The first-order chi connectivity index (χ1) is 17.9. The number of rotatable bonds is 10. The molecule has 1 unspecified atom stereocenters. The molecule has 1 amide bonds. The monoisotopic (exact) mass is 529 g/mol. The molecule has 2 aromatic carbocycles. The molecule has 0 radical (unpaired) electrons. The Labute approximate surface area is 232 Å². The van der Waals surface area contributed by atoms with Crippen molar-refractivity contribution in [3.05, 3.63) is 58.6 Å². The maximum atomic E-state index is 12.5. The van der Waals surface area contributed by atoms with Crippen LogP contribution in [0.25, 0.3) is 0 Å². The van der Waals surface area contributed by atoms with Gasteiger partial charge in [0, 0.05) is 10.7 Å². The van der Waals surface area contributed by atoms with E-state index in [1.54, 1.807) is 0 Å². The highest BCUT2D eigenvalue weighted by molar-refractivity contribution is 6.31. The van der Waals surface area contributed by atoms with Crippen LogP contribution in [0.15, 0.2) is 42.5 Å². The Balaban J connectivity index is 0.000000337. The molecule has 1 saturated carbocycles. The smallest absolute Gasteiger partial charge is 0.235 e. The van der Waals surface area contributed by atoms with E-state index in [0.29, 0.717) is 10.4 Å². The van der Waals surface area contributed by atoms with E-state index in [1.807, 2.05) is 45.9 Å². The predicted molar refractivity (Wildman–Crippen MR) is 162 cm³/mol. The molecule has 0 spiro atoms. The second kappa shape index (κ2) is 16.8. The summed E-state index contributed by atoms with van der Waals surface area (Å²) in [6.07, 6.45) is 10.0. The van der Waals surface area contributed by atoms with E-state index >= 15 is 0 Å². The second-order valence-corrected chi connectivity index (χ2v) is 10.3. The van der Waals surface area contributed by atoms with Crippen LogP contribution in [0.2, 0.25) is 5.02 Å². The Morgan fingerprint density at radius 2 is 1.51 bits per heavy atom. The SMILES string of the molecule is CC.CC.CCCCCC1(CCC)C(=O)Nc2ccc(Cl)cc21.CCCOc1ccc(C2(C)CC2)cc1. The summed E-state index contributed by atoms with van der Waals surface area (Å²) < 4.78 is 5.54. The molecule has 1 heterocycles. The number of hydrogen-bond donors (Lipinski definition) is 1. The van der Waals surface area contributed by atoms with E-state index in [0.717, 1.165) is 55.7 Å². The van der Waals surface area contributed by atoms with Gasteiger partial charge in [0.1, 0.15) is 5.75 Å². The van der Waals surface area contributed by atoms with Crippen molar-refractivity contribution in [1.29, 1.82) is 0 Å². The predicted octanol–water partition coefficient (Wildman–Crippen LogP) is 10.5. The zero-order chi connectivity index (χ0) is 27.9. The first-order valence-corrected chi connectivity index (χ1v) is 15.1. The van der Waals surface area contributed by atoms with Gasteiger partial charge in [-0.15, -0.1) is 0 Å². The molecule has 1 atom stereocenters. The standard InChI is InChI=1S/C16H22ClNO.C13H18O.2C2H6/c1-3-5-6-10-16(9-4-2)13-11-12(17)7-8-14(13)18-15(16)19;1-3-10-14-12-6-4-11(5-7-12)13(2)8-9-13;2*1-2/h7-8,11H,3-6,9-10H2,1-2H3,(H,18,19);4-7H,3,8-10H2,1-2H3;2*1-2H3. The molecular weight excluding hydrogens is 478 g/mol. The van der Waals surface area contributed by atoms with E-state index in [2.05, 4.69) is 57.3 Å². The minimum Gasteiger partial charge on any atom is -0.494 e. The van der Waals surface area contributed by atoms with Crippen molar-refractivity contribution >= 4 is 23.2 Å². The number of unbranched alkanes of at least 4 members (excludes halogenated alkanes) is 2. The Morgan fingerprint density at radius 1 is 0.865 bits per heavy atom. The summed E-state index contributed by atoms with van der Waals surface area (Å²) in [5.74, 6) is 1.16. The van der Waals surface area contributed by atoms with Gasteiger partial charge in [-0.1, -0.05) is 105 Å². The molecule has 37 heavy (non-hydrogen) atoms. The maximum absolute atomic E-state index is 12.5. The summed E-state index contributed by atoms with van der Waals surface area (Å²) in [5, 5.41) is 3.74. The molecule has 1 N–H and O–H groups in total. The number of nitrogens with one attached hydrogen (secondary N) is 1. The number of anilines is 1. The van der Waals surface area contributed by atoms with E-state index in [-0.39, 0.29) is 11.3 Å². The van der Waals surface area contributed by atoms with Crippen molar-refractivity contribution < 1.29 is 9.53 Å². The van der Waals surface area contributed by atoms with Gasteiger partial charge < -0.3 is 10.1 Å². The van der Waals surface area contributed by atoms with E-state index in [9.17, 15) is 4.79 Å². The van der Waals surface area contributed by atoms with Gasteiger partial charge in [-0.3, -0.25) is 4.79 Å². The molecule has 2 aromatic rings. The topological polar surface area (TPSA) is 38.3 Å². The zero-order valence-corrected chi connectivity index (χ0v) is 25.6. The van der Waals surface area contributed by atoms with Gasteiger partial charge in [0.25, 0.3) is 0 Å². The number of ether oxygens (including phenoxy) is 1. The van der Waals surface area contributed by atoms with Crippen molar-refractivity contribution in [3.8, 4) is 5.75 Å². The highest BCUT2D eigenvalue weighted by atomic mass is 35.5. The van der Waals surface area contributed by atoms with Crippen molar-refractivity contribution in [2.45, 2.75) is 124 Å². The average molecular weight is 530 g/mol. The lowest BCUT2D eigenvalue weighted by atomic mass is 9.74. The van der Waals surface area contributed by atoms with Crippen LogP contribution >= 0.6 is 11.6 Å². The van der Waals surface area contributed by atoms with Crippen molar-refractivity contribution in [2.24, 2.45) is 0 Å². The van der Waals surface area contributed by atoms with Gasteiger partial charge in [0.2, 0.25) is 5.91 Å². The molecule has 3 nitrogen and oxygen atoms in total. The molecular formula is C33H52ClNO2. The highest BCUT2D eigenvalue weighted by Crippen LogP contribution is 2.48. The number of amides is 1. The lowest BCUT2D eigenvalue weighted by Gasteiger charge is -2.27. The maximum Gasteiger partial charge on any atom is 0.235 e. The fourth-order valence-electron chi connectivity index (χ4n) is 4.76. The second-order valence-electron chi connectivity index (χ2n) is 9.87. The number of halogens is 1. The normalized spacial score (nSPS) is 18.0. The minimum atomic E-state index is -0.357. The molecule has 0 aromatic heterocycles. The number of benzene rings is 2. The van der Waals surface area contributed by atoms with E-state index in [1.165, 1.54) is 31.2 Å². The zero-order valence-electron chi connectivity index (χ0n) is 24.8. The van der Waals surface area contributed by atoms with Crippen LogP contribution in [0, 0.1) is 0 Å². The van der Waals surface area contributed by atoms with Crippen molar-refractivity contribution in [2.75, 3.05) is 11.9 Å². The van der Waals surface area contributed by atoms with Crippen LogP contribution in [-0.4, -0.2) is 12.5 Å². The summed E-state index contributed by atoms with van der Waals surface area (Å²) >= 11 is 6.12. The van der Waals surface area contributed by atoms with Gasteiger partial charge in [-0.2, -0.15) is 0 Å². The fourth-order valence-corrected chi connectivity index (χ4v) is 4.93. The molecule has 0 saturated heterocycles. The molecule has 4 heteroatoms. The third-order valence-electron chi connectivity index (χ3n) is 7.09. The van der Waals surface area contributed by atoms with Crippen LogP contribution in [0.4, 0.5) is 5.69 Å². The Bertz CT molecular complexity index is 920. The third kappa shape index (κ3) is 9.06. The lowest BCUT2D eigenvalue weighted by Crippen LogP contribution is -2.34. The minimum absolute atomic E-state index is 0.155. The molecule has 0 bridgehead atoms. The van der Waals surface area contributed by atoms with E-state index in [4.69, 9.17) is 16.3 Å². The fraction of sp³-hybridized carbons (Fsp3) is 0.606. The molecule has 1 aliphatic heterocycles. The number of carbonyl (C=O) groups excluding carboxylic acids is 1. The van der Waals surface area contributed by atoms with Crippen LogP contribution < -0.4 is 10.1 Å². The van der Waals surface area contributed by atoms with Crippen LogP contribution in [0.5, 0.6) is 5.75 Å². The summed E-state index contributed by atoms with van der Waals surface area (Å²) in [6.45, 7) is 17.6. The van der Waals surface area contributed by atoms with Crippen LogP contribution in [0.3, 0.4) is 0 Å². The highest BCUT2D eigenvalue weighted by Gasteiger charge is 2.45. The molecule has 4 rings (SSSR count). The molecule has 2 aliphatic rings. The first kappa shape index (κ1) is 33.0. The van der Waals surface area contributed by atoms with E-state index < -0.39 is 0 Å². The molecule has 208 valence electrons. The van der Waals surface area contributed by atoms with Gasteiger partial charge in [-0.05, 0) is 79.0 Å². The quantitative estimate of drug-likeness (QED) is 0.311. The summed E-state index contributed by atoms with van der Waals surface area (Å²) in [4.78, 5) is 12.5. The van der Waals surface area contributed by atoms with Gasteiger partial charge in [-0.25, -0.2) is 0 Å². The Hall–Kier alpha value is -2.00. The van der Waals surface area contributed by atoms with Crippen molar-refractivity contribution in [1.82, 2.24) is 0 Å². The van der Waals surface area contributed by atoms with Gasteiger partial charge >= 0.3 is 0 Å². The summed E-state index contributed by atoms with van der Waals surface area (Å²) in [5.41, 5.74) is 3.62. The first-order valence-electron chi connectivity index (χ1n) is 14.7. The van der Waals surface area contributed by atoms with Crippen LogP contribution in [-0.2, 0) is 15.6 Å². The Kier molecular flexibility index (Phi) is 15.0. The number of hydrogen-bond acceptors (Lipinski definition) is 2. The van der Waals surface area contributed by atoms with Gasteiger partial charge in [0.15, 0.2) is 0 Å². The van der Waals surface area contributed by atoms with Gasteiger partial charge in [0.05, 0.1) is 12.0 Å². The average Bonchev–Trinajstić information content (AvgIpc) is 3.63. The summed E-state index contributed by atoms with van der Waals surface area (Å²) in [6, 6.07) is 14.3. The largest absolute Gasteiger partial charge is 0.494 e. The lowest BCUT2D eigenvalue weighted by molar-refractivity contribution is -0.121. The number of fused-ring (bicyclic) bond motifs is 1. The van der Waals surface area contributed by atoms with Crippen LogP contribution in [0.1, 0.15) is 124 Å². The number of carbonyl (C=O) groups is 1. The molecule has 1 aliphatic carbocycles.